The van der Waals surface area contributed by atoms with Crippen molar-refractivity contribution in [1.29, 1.82) is 0 Å². The van der Waals surface area contributed by atoms with Crippen LogP contribution in [-0.4, -0.2) is 54.9 Å². The van der Waals surface area contributed by atoms with E-state index in [1.807, 2.05) is 18.2 Å². The van der Waals surface area contributed by atoms with Crippen LogP contribution in [0.2, 0.25) is 0 Å². The molecule has 0 radical (unpaired) electrons. The van der Waals surface area contributed by atoms with Gasteiger partial charge in [0.25, 0.3) is 0 Å². The Morgan fingerprint density at radius 3 is 2.34 bits per heavy atom. The van der Waals surface area contributed by atoms with E-state index in [9.17, 15) is 36.6 Å². The molecular formula is C36H39F3O7S. The van der Waals surface area contributed by atoms with Crippen LogP contribution in [0.4, 0.5) is 13.2 Å². The van der Waals surface area contributed by atoms with Gasteiger partial charge in [-0.05, 0) is 121 Å². The van der Waals surface area contributed by atoms with Crippen LogP contribution in [-0.2, 0) is 33.6 Å². The summed E-state index contributed by atoms with van der Waals surface area (Å²) in [5, 5.41) is 20.0. The molecule has 3 aromatic rings. The van der Waals surface area contributed by atoms with E-state index in [0.717, 1.165) is 35.1 Å². The molecule has 0 aromatic heterocycles. The van der Waals surface area contributed by atoms with Crippen molar-refractivity contribution >= 4 is 15.8 Å². The quantitative estimate of drug-likeness (QED) is 0.254. The van der Waals surface area contributed by atoms with E-state index in [1.165, 1.54) is 6.07 Å². The lowest BCUT2D eigenvalue weighted by molar-refractivity contribution is -0.138. The number of aliphatic hydroxyl groups is 1. The van der Waals surface area contributed by atoms with E-state index in [-0.39, 0.29) is 54.8 Å². The maximum absolute atomic E-state index is 14.5. The molecule has 2 aliphatic heterocycles. The molecule has 0 amide bonds. The molecule has 1 saturated heterocycles. The molecule has 0 spiro atoms. The second-order valence-electron chi connectivity index (χ2n) is 13.4. The van der Waals surface area contributed by atoms with Crippen molar-refractivity contribution in [2.75, 3.05) is 24.7 Å². The Morgan fingerprint density at radius 2 is 1.68 bits per heavy atom. The number of benzene rings is 3. The summed E-state index contributed by atoms with van der Waals surface area (Å²) in [5.41, 5.74) is 3.64. The Hall–Kier alpha value is -3.57. The highest BCUT2D eigenvalue weighted by molar-refractivity contribution is 7.91. The topological polar surface area (TPSA) is 110 Å². The van der Waals surface area contributed by atoms with Gasteiger partial charge < -0.3 is 19.7 Å². The van der Waals surface area contributed by atoms with Crippen LogP contribution in [0.5, 0.6) is 11.5 Å². The molecule has 47 heavy (non-hydrogen) atoms. The van der Waals surface area contributed by atoms with Crippen molar-refractivity contribution in [3.8, 4) is 22.6 Å². The summed E-state index contributed by atoms with van der Waals surface area (Å²) in [5.74, 6) is -0.0515. The standard InChI is InChI=1S/C36H39F3O7S/c1-21-15-26(46-20-35(42)11-13-47(43,44)14-12-35)16-22(2)33(21)34-29-8-6-24(27(29)9-10-30(34)36(37,38)39)5-3-23-4-7-28-25(18-32(40)41)19-45-31(28)17-23/h4,7,9-10,15-17,24-25,42H,3,5-6,8,11-14,18-20H2,1-2H3,(H,40,41)/t24-,25-/m1/s1. The van der Waals surface area contributed by atoms with Gasteiger partial charge in [-0.25, -0.2) is 8.42 Å². The summed E-state index contributed by atoms with van der Waals surface area (Å²) in [6.07, 6.45) is -1.66. The van der Waals surface area contributed by atoms with E-state index in [1.54, 1.807) is 32.0 Å². The molecule has 0 saturated carbocycles. The van der Waals surface area contributed by atoms with Gasteiger partial charge in [0, 0.05) is 11.5 Å². The molecular weight excluding hydrogens is 633 g/mol. The Kier molecular flexibility index (Phi) is 8.84. The fourth-order valence-electron chi connectivity index (χ4n) is 7.49. The summed E-state index contributed by atoms with van der Waals surface area (Å²) in [6, 6.07) is 12.1. The fourth-order valence-corrected chi connectivity index (χ4v) is 9.08. The van der Waals surface area contributed by atoms with E-state index in [0.29, 0.717) is 47.6 Å². The summed E-state index contributed by atoms with van der Waals surface area (Å²) in [7, 11) is -3.17. The molecule has 0 bridgehead atoms. The van der Waals surface area contributed by atoms with E-state index >= 15 is 0 Å². The Bertz CT molecular complexity index is 1780. The first-order valence-corrected chi connectivity index (χ1v) is 17.8. The lowest BCUT2D eigenvalue weighted by atomic mass is 9.85. The highest BCUT2D eigenvalue weighted by atomic mass is 32.2. The largest absolute Gasteiger partial charge is 0.493 e. The number of aryl methyl sites for hydroxylation is 3. The lowest BCUT2D eigenvalue weighted by Crippen LogP contribution is -2.43. The van der Waals surface area contributed by atoms with Crippen molar-refractivity contribution in [3.05, 3.63) is 81.4 Å². The van der Waals surface area contributed by atoms with E-state index in [4.69, 9.17) is 9.47 Å². The first-order chi connectivity index (χ1) is 22.1. The van der Waals surface area contributed by atoms with Crippen LogP contribution in [0.3, 0.4) is 0 Å². The first kappa shape index (κ1) is 33.3. The molecule has 1 fully saturated rings. The number of carbonyl (C=O) groups is 1. The average Bonchev–Trinajstić information content (AvgIpc) is 3.59. The number of aliphatic carboxylic acids is 1. The van der Waals surface area contributed by atoms with Gasteiger partial charge in [0.2, 0.25) is 0 Å². The highest BCUT2D eigenvalue weighted by Gasteiger charge is 2.39. The van der Waals surface area contributed by atoms with Crippen LogP contribution in [0.1, 0.15) is 82.9 Å². The second kappa shape index (κ2) is 12.5. The van der Waals surface area contributed by atoms with Gasteiger partial charge in [-0.15, -0.1) is 0 Å². The lowest BCUT2D eigenvalue weighted by Gasteiger charge is -2.31. The number of fused-ring (bicyclic) bond motifs is 2. The van der Waals surface area contributed by atoms with Gasteiger partial charge >= 0.3 is 12.1 Å². The molecule has 3 aromatic carbocycles. The average molecular weight is 673 g/mol. The monoisotopic (exact) mass is 672 g/mol. The zero-order valence-electron chi connectivity index (χ0n) is 26.5. The predicted molar refractivity (Wildman–Crippen MR) is 171 cm³/mol. The Morgan fingerprint density at radius 1 is 1.00 bits per heavy atom. The predicted octanol–water partition coefficient (Wildman–Crippen LogP) is 6.92. The molecule has 2 atom stereocenters. The summed E-state index contributed by atoms with van der Waals surface area (Å²) < 4.78 is 78.8. The third-order valence-electron chi connectivity index (χ3n) is 10.0. The molecule has 2 N–H and O–H groups in total. The van der Waals surface area contributed by atoms with Gasteiger partial charge in [0.05, 0.1) is 30.1 Å². The highest BCUT2D eigenvalue weighted by Crippen LogP contribution is 2.49. The minimum absolute atomic E-state index is 0.0137. The molecule has 7 nitrogen and oxygen atoms in total. The number of hydrogen-bond acceptors (Lipinski definition) is 6. The van der Waals surface area contributed by atoms with Crippen molar-refractivity contribution in [1.82, 2.24) is 0 Å². The zero-order chi connectivity index (χ0) is 33.7. The first-order valence-electron chi connectivity index (χ1n) is 16.0. The summed E-state index contributed by atoms with van der Waals surface area (Å²) >= 11 is 0. The van der Waals surface area contributed by atoms with Gasteiger partial charge in [-0.2, -0.15) is 13.2 Å². The van der Waals surface area contributed by atoms with Crippen LogP contribution < -0.4 is 9.47 Å². The number of alkyl halides is 3. The van der Waals surface area contributed by atoms with Crippen LogP contribution >= 0.6 is 0 Å². The maximum atomic E-state index is 14.5. The van der Waals surface area contributed by atoms with Gasteiger partial charge in [0.15, 0.2) is 9.84 Å². The van der Waals surface area contributed by atoms with E-state index in [2.05, 4.69) is 0 Å². The third-order valence-corrected chi connectivity index (χ3v) is 11.7. The van der Waals surface area contributed by atoms with Crippen molar-refractivity contribution in [2.24, 2.45) is 0 Å². The Labute approximate surface area is 272 Å². The fraction of sp³-hybridized carbons (Fsp3) is 0.472. The minimum atomic E-state index is -4.55. The van der Waals surface area contributed by atoms with Crippen LogP contribution in [0.25, 0.3) is 11.1 Å². The SMILES string of the molecule is Cc1cc(OCC2(O)CCS(=O)(=O)CC2)cc(C)c1-c1c(C(F)(F)F)ccc2c1CC[C@H]2CCc1ccc2c(c1)OC[C@H]2CC(=O)O. The molecule has 0 unspecified atom stereocenters. The summed E-state index contributed by atoms with van der Waals surface area (Å²) in [4.78, 5) is 11.2. The minimum Gasteiger partial charge on any atom is -0.493 e. The van der Waals surface area contributed by atoms with Gasteiger partial charge in [-0.1, -0.05) is 18.2 Å². The van der Waals surface area contributed by atoms with Crippen molar-refractivity contribution in [2.45, 2.75) is 82.4 Å². The van der Waals surface area contributed by atoms with Gasteiger partial charge in [-0.3, -0.25) is 4.79 Å². The summed E-state index contributed by atoms with van der Waals surface area (Å²) in [6.45, 7) is 3.77. The molecule has 252 valence electrons. The Balaban J connectivity index is 1.23. The van der Waals surface area contributed by atoms with Crippen molar-refractivity contribution < 1.29 is 46.1 Å². The number of carboxylic acids is 1. The molecule has 2 heterocycles. The molecule has 6 rings (SSSR count). The number of rotatable bonds is 9. The molecule has 11 heteroatoms. The number of hydrogen-bond donors (Lipinski definition) is 2. The maximum Gasteiger partial charge on any atom is 0.417 e. The van der Waals surface area contributed by atoms with Gasteiger partial charge in [0.1, 0.15) is 23.7 Å². The number of sulfone groups is 1. The zero-order valence-corrected chi connectivity index (χ0v) is 27.3. The second-order valence-corrected chi connectivity index (χ2v) is 15.7. The molecule has 3 aliphatic rings. The smallest absolute Gasteiger partial charge is 0.417 e. The third kappa shape index (κ3) is 7.02. The number of ether oxygens (including phenoxy) is 2. The number of carboxylic acid groups (broad SMARTS) is 1. The van der Waals surface area contributed by atoms with Crippen LogP contribution in [0.15, 0.2) is 42.5 Å². The number of halogens is 3. The van der Waals surface area contributed by atoms with E-state index < -0.39 is 33.1 Å². The van der Waals surface area contributed by atoms with Crippen LogP contribution in [0, 0.1) is 13.8 Å². The van der Waals surface area contributed by atoms with Crippen molar-refractivity contribution in [3.63, 3.8) is 0 Å². The molecule has 1 aliphatic carbocycles. The normalized spacial score (nSPS) is 21.1.